The van der Waals surface area contributed by atoms with E-state index in [-0.39, 0.29) is 10.8 Å². The van der Waals surface area contributed by atoms with E-state index in [4.69, 9.17) is 0 Å². The number of piperidine rings is 1. The van der Waals surface area contributed by atoms with E-state index in [1.54, 1.807) is 29.5 Å². The van der Waals surface area contributed by atoms with Crippen molar-refractivity contribution in [1.29, 1.82) is 0 Å². The second kappa shape index (κ2) is 8.12. The van der Waals surface area contributed by atoms with Crippen molar-refractivity contribution in [1.82, 2.24) is 9.62 Å². The second-order valence-electron chi connectivity index (χ2n) is 6.08. The summed E-state index contributed by atoms with van der Waals surface area (Å²) in [6.45, 7) is 1.64. The zero-order valence-corrected chi connectivity index (χ0v) is 15.6. The molecule has 1 aromatic heterocycles. The fraction of sp³-hybridized carbons (Fsp3) is 0.389. The number of hydrogen-bond donors (Lipinski definition) is 1. The molecule has 0 atom stereocenters. The Labute approximate surface area is 152 Å². The smallest absolute Gasteiger partial charge is 0.251 e. The standard InChI is InChI=1S/C18H22N2O3S2/c21-18(19-10-9-16-7-5-13-24-16)15-6-4-8-17(14-15)25(22,23)20-11-2-1-3-12-20/h4-8,13-14H,1-3,9-12H2,(H,19,21). The van der Waals surface area contributed by atoms with Gasteiger partial charge in [0.2, 0.25) is 10.0 Å². The summed E-state index contributed by atoms with van der Waals surface area (Å²) in [5.41, 5.74) is 0.379. The van der Waals surface area contributed by atoms with Crippen LogP contribution < -0.4 is 5.32 Å². The predicted molar refractivity (Wildman–Crippen MR) is 99.4 cm³/mol. The molecule has 1 aromatic carbocycles. The Morgan fingerprint density at radius 2 is 1.92 bits per heavy atom. The first-order valence-corrected chi connectivity index (χ1v) is 10.8. The number of benzene rings is 1. The monoisotopic (exact) mass is 378 g/mol. The molecule has 1 aliphatic heterocycles. The SMILES string of the molecule is O=C(NCCc1cccs1)c1cccc(S(=O)(=O)N2CCCCC2)c1. The van der Waals surface area contributed by atoms with Crippen molar-refractivity contribution >= 4 is 27.3 Å². The molecule has 7 heteroatoms. The molecule has 5 nitrogen and oxygen atoms in total. The zero-order chi connectivity index (χ0) is 17.7. The van der Waals surface area contributed by atoms with Gasteiger partial charge in [-0.2, -0.15) is 4.31 Å². The van der Waals surface area contributed by atoms with Crippen molar-refractivity contribution in [3.05, 3.63) is 52.2 Å². The Bertz CT molecular complexity index is 811. The van der Waals surface area contributed by atoms with E-state index in [1.807, 2.05) is 17.5 Å². The number of amides is 1. The van der Waals surface area contributed by atoms with Crippen LogP contribution in [0.25, 0.3) is 0 Å². The van der Waals surface area contributed by atoms with Crippen molar-refractivity contribution in [2.45, 2.75) is 30.6 Å². The highest BCUT2D eigenvalue weighted by Crippen LogP contribution is 2.21. The minimum atomic E-state index is -3.52. The van der Waals surface area contributed by atoms with Crippen molar-refractivity contribution < 1.29 is 13.2 Å². The molecule has 0 bridgehead atoms. The van der Waals surface area contributed by atoms with Crippen LogP contribution in [0.3, 0.4) is 0 Å². The lowest BCUT2D eigenvalue weighted by atomic mass is 10.2. The summed E-state index contributed by atoms with van der Waals surface area (Å²) in [4.78, 5) is 13.7. The number of thiophene rings is 1. The first kappa shape index (κ1) is 18.1. The molecule has 0 unspecified atom stereocenters. The maximum absolute atomic E-state index is 12.7. The molecule has 1 amide bonds. The number of hydrogen-bond acceptors (Lipinski definition) is 4. The van der Waals surface area contributed by atoms with E-state index in [2.05, 4.69) is 5.32 Å². The van der Waals surface area contributed by atoms with Gasteiger partial charge in [0.1, 0.15) is 0 Å². The summed E-state index contributed by atoms with van der Waals surface area (Å²) in [5.74, 6) is -0.243. The lowest BCUT2D eigenvalue weighted by Crippen LogP contribution is -2.35. The summed E-state index contributed by atoms with van der Waals surface area (Å²) >= 11 is 1.66. The van der Waals surface area contributed by atoms with Crippen LogP contribution in [-0.2, 0) is 16.4 Å². The average molecular weight is 379 g/mol. The number of sulfonamides is 1. The molecule has 1 aliphatic rings. The zero-order valence-electron chi connectivity index (χ0n) is 14.0. The number of rotatable bonds is 6. The number of carbonyl (C=O) groups excluding carboxylic acids is 1. The Morgan fingerprint density at radius 3 is 2.64 bits per heavy atom. The molecule has 0 aliphatic carbocycles. The van der Waals surface area contributed by atoms with Gasteiger partial charge in [-0.05, 0) is 48.9 Å². The van der Waals surface area contributed by atoms with Gasteiger partial charge in [0.25, 0.3) is 5.91 Å². The normalized spacial score (nSPS) is 15.8. The molecular formula is C18H22N2O3S2. The van der Waals surface area contributed by atoms with Crippen LogP contribution >= 0.6 is 11.3 Å². The molecule has 25 heavy (non-hydrogen) atoms. The fourth-order valence-corrected chi connectivity index (χ4v) is 5.18. The van der Waals surface area contributed by atoms with E-state index in [0.29, 0.717) is 25.2 Å². The van der Waals surface area contributed by atoms with Gasteiger partial charge in [-0.25, -0.2) is 8.42 Å². The molecule has 0 saturated carbocycles. The van der Waals surface area contributed by atoms with E-state index >= 15 is 0 Å². The summed E-state index contributed by atoms with van der Waals surface area (Å²) in [6.07, 6.45) is 3.62. The Balaban J connectivity index is 1.66. The first-order valence-electron chi connectivity index (χ1n) is 8.48. The highest BCUT2D eigenvalue weighted by Gasteiger charge is 2.26. The molecule has 3 rings (SSSR count). The van der Waals surface area contributed by atoms with Crippen molar-refractivity contribution in [2.24, 2.45) is 0 Å². The van der Waals surface area contributed by atoms with Crippen LogP contribution in [-0.4, -0.2) is 38.3 Å². The van der Waals surface area contributed by atoms with Crippen LogP contribution in [0.1, 0.15) is 34.5 Å². The van der Waals surface area contributed by atoms with Crippen molar-refractivity contribution in [3.8, 4) is 0 Å². The minimum absolute atomic E-state index is 0.195. The molecule has 2 aromatic rings. The van der Waals surface area contributed by atoms with Gasteiger partial charge in [-0.1, -0.05) is 18.6 Å². The van der Waals surface area contributed by atoms with E-state index in [9.17, 15) is 13.2 Å². The maximum atomic E-state index is 12.7. The quantitative estimate of drug-likeness (QED) is 0.840. The average Bonchev–Trinajstić information content (AvgIpc) is 3.16. The highest BCUT2D eigenvalue weighted by molar-refractivity contribution is 7.89. The molecule has 1 N–H and O–H groups in total. The topological polar surface area (TPSA) is 66.5 Å². The Kier molecular flexibility index (Phi) is 5.88. The van der Waals surface area contributed by atoms with Crippen LogP contribution in [0.4, 0.5) is 0 Å². The van der Waals surface area contributed by atoms with Gasteiger partial charge in [-0.3, -0.25) is 4.79 Å². The lowest BCUT2D eigenvalue weighted by molar-refractivity contribution is 0.0954. The van der Waals surface area contributed by atoms with Crippen LogP contribution in [0, 0.1) is 0 Å². The predicted octanol–water partition coefficient (Wildman–Crippen LogP) is 2.90. The fourth-order valence-electron chi connectivity index (χ4n) is 2.91. The van der Waals surface area contributed by atoms with E-state index in [1.165, 1.54) is 15.2 Å². The summed E-state index contributed by atoms with van der Waals surface area (Å²) < 4.78 is 27.0. The third-order valence-corrected chi connectivity index (χ3v) is 7.12. The summed E-state index contributed by atoms with van der Waals surface area (Å²) in [5, 5.41) is 4.86. The molecule has 0 radical (unpaired) electrons. The third kappa shape index (κ3) is 4.48. The van der Waals surface area contributed by atoms with E-state index in [0.717, 1.165) is 25.7 Å². The molecule has 2 heterocycles. The van der Waals surface area contributed by atoms with Crippen LogP contribution in [0.15, 0.2) is 46.7 Å². The molecule has 134 valence electrons. The maximum Gasteiger partial charge on any atom is 0.251 e. The number of carbonyl (C=O) groups is 1. The highest BCUT2D eigenvalue weighted by atomic mass is 32.2. The van der Waals surface area contributed by atoms with Gasteiger partial charge in [0, 0.05) is 30.1 Å². The van der Waals surface area contributed by atoms with Gasteiger partial charge in [-0.15, -0.1) is 11.3 Å². The van der Waals surface area contributed by atoms with Crippen LogP contribution in [0.5, 0.6) is 0 Å². The molecule has 1 fully saturated rings. The van der Waals surface area contributed by atoms with Gasteiger partial charge >= 0.3 is 0 Å². The molecular weight excluding hydrogens is 356 g/mol. The number of nitrogens with zero attached hydrogens (tertiary/aromatic N) is 1. The first-order chi connectivity index (χ1) is 12.1. The lowest BCUT2D eigenvalue weighted by Gasteiger charge is -2.26. The van der Waals surface area contributed by atoms with Crippen molar-refractivity contribution in [2.75, 3.05) is 19.6 Å². The third-order valence-electron chi connectivity index (χ3n) is 4.29. The molecule has 0 spiro atoms. The number of nitrogens with one attached hydrogen (secondary N) is 1. The largest absolute Gasteiger partial charge is 0.352 e. The Morgan fingerprint density at radius 1 is 1.12 bits per heavy atom. The van der Waals surface area contributed by atoms with E-state index < -0.39 is 10.0 Å². The summed E-state index contributed by atoms with van der Waals surface area (Å²) in [6, 6.07) is 10.3. The van der Waals surface area contributed by atoms with Gasteiger partial charge in [0.15, 0.2) is 0 Å². The summed E-state index contributed by atoms with van der Waals surface area (Å²) in [7, 11) is -3.52. The van der Waals surface area contributed by atoms with Crippen LogP contribution in [0.2, 0.25) is 0 Å². The Hall–Kier alpha value is -1.70. The minimum Gasteiger partial charge on any atom is -0.352 e. The molecule has 1 saturated heterocycles. The second-order valence-corrected chi connectivity index (χ2v) is 9.05. The van der Waals surface area contributed by atoms with Crippen molar-refractivity contribution in [3.63, 3.8) is 0 Å². The van der Waals surface area contributed by atoms with Gasteiger partial charge < -0.3 is 5.32 Å². The van der Waals surface area contributed by atoms with Gasteiger partial charge in [0.05, 0.1) is 4.90 Å².